The largest absolute Gasteiger partial charge is 0.331 e. The maximum absolute atomic E-state index is 11.9. The lowest BCUT2D eigenvalue weighted by Gasteiger charge is -2.14. The van der Waals surface area contributed by atoms with Crippen LogP contribution in [-0.4, -0.2) is 11.0 Å². The molecule has 0 aliphatic rings. The topological polar surface area (TPSA) is 53.2 Å². The van der Waals surface area contributed by atoms with Gasteiger partial charge in [-0.1, -0.05) is 40.2 Å². The highest BCUT2D eigenvalue weighted by Crippen LogP contribution is 2.17. The van der Waals surface area contributed by atoms with Crippen molar-refractivity contribution in [1.82, 2.24) is 10.9 Å². The summed E-state index contributed by atoms with van der Waals surface area (Å²) in [6.07, 6.45) is 0.284. The Morgan fingerprint density at radius 1 is 1.09 bits per heavy atom. The van der Waals surface area contributed by atoms with E-state index in [0.717, 1.165) is 21.3 Å². The van der Waals surface area contributed by atoms with Crippen LogP contribution in [0.3, 0.4) is 0 Å². The summed E-state index contributed by atoms with van der Waals surface area (Å²) in [6.45, 7) is 4.06. The second kappa shape index (κ2) is 8.08. The highest BCUT2D eigenvalue weighted by molar-refractivity contribution is 9.10. The quantitative estimate of drug-likeness (QED) is 0.552. The molecule has 0 atom stereocenters. The number of carbonyl (C=O) groups is 1. The van der Waals surface area contributed by atoms with Gasteiger partial charge in [0.15, 0.2) is 5.11 Å². The Kier molecular flexibility index (Phi) is 6.12. The molecule has 1 amide bonds. The van der Waals surface area contributed by atoms with Crippen molar-refractivity contribution in [3.8, 4) is 0 Å². The summed E-state index contributed by atoms with van der Waals surface area (Å²) in [5.74, 6) is -0.155. The maximum Gasteiger partial charge on any atom is 0.242 e. The highest BCUT2D eigenvalue weighted by atomic mass is 79.9. The molecule has 0 fully saturated rings. The predicted molar refractivity (Wildman–Crippen MR) is 101 cm³/mol. The van der Waals surface area contributed by atoms with Gasteiger partial charge in [-0.2, -0.15) is 0 Å². The summed E-state index contributed by atoms with van der Waals surface area (Å²) in [4.78, 5) is 11.9. The zero-order valence-electron chi connectivity index (χ0n) is 12.9. The van der Waals surface area contributed by atoms with E-state index in [-0.39, 0.29) is 12.3 Å². The summed E-state index contributed by atoms with van der Waals surface area (Å²) in [5.41, 5.74) is 9.47. The predicted octanol–water partition coefficient (Wildman–Crippen LogP) is 3.63. The van der Waals surface area contributed by atoms with Crippen LogP contribution in [0, 0.1) is 13.8 Å². The third-order valence-corrected chi connectivity index (χ3v) is 4.18. The average molecular weight is 392 g/mol. The van der Waals surface area contributed by atoms with Crippen molar-refractivity contribution < 1.29 is 4.79 Å². The number of rotatable bonds is 3. The lowest BCUT2D eigenvalue weighted by molar-refractivity contribution is -0.120. The number of aryl methyl sites for hydroxylation is 1. The van der Waals surface area contributed by atoms with Gasteiger partial charge in [-0.3, -0.25) is 15.6 Å². The summed E-state index contributed by atoms with van der Waals surface area (Å²) in [5, 5.41) is 3.43. The third kappa shape index (κ3) is 5.33. The van der Waals surface area contributed by atoms with E-state index in [4.69, 9.17) is 12.2 Å². The van der Waals surface area contributed by atoms with Gasteiger partial charge in [0.05, 0.1) is 6.42 Å². The van der Waals surface area contributed by atoms with Gasteiger partial charge in [0, 0.05) is 10.2 Å². The summed E-state index contributed by atoms with van der Waals surface area (Å²) in [6, 6.07) is 13.6. The molecular weight excluding hydrogens is 374 g/mol. The fraction of sp³-hybridized carbons (Fsp3) is 0.176. The highest BCUT2D eigenvalue weighted by Gasteiger charge is 2.06. The minimum Gasteiger partial charge on any atom is -0.331 e. The van der Waals surface area contributed by atoms with Gasteiger partial charge in [0.25, 0.3) is 0 Å². The second-order valence-corrected chi connectivity index (χ2v) is 6.50. The van der Waals surface area contributed by atoms with E-state index in [2.05, 4.69) is 32.1 Å². The molecule has 0 bridgehead atoms. The van der Waals surface area contributed by atoms with Crippen LogP contribution >= 0.6 is 28.1 Å². The number of carbonyl (C=O) groups excluding carboxylic acids is 1. The third-order valence-electron chi connectivity index (χ3n) is 3.45. The van der Waals surface area contributed by atoms with Crippen LogP contribution in [0.2, 0.25) is 0 Å². The molecule has 120 valence electrons. The molecule has 6 heteroatoms. The number of hydrazine groups is 1. The van der Waals surface area contributed by atoms with Crippen molar-refractivity contribution in [3.63, 3.8) is 0 Å². The lowest BCUT2D eigenvalue weighted by Crippen LogP contribution is -2.44. The van der Waals surface area contributed by atoms with E-state index in [1.807, 2.05) is 56.3 Å². The molecule has 0 saturated carbocycles. The van der Waals surface area contributed by atoms with Gasteiger partial charge >= 0.3 is 0 Å². The standard InChI is InChI=1S/C17H18BrN3OS/c1-11-4-3-5-15(12(11)2)19-17(23)21-20-16(22)10-13-6-8-14(18)9-7-13/h3-9H,10H2,1-2H3,(H,20,22)(H2,19,21,23). The number of anilines is 1. The molecule has 2 rings (SSSR count). The van der Waals surface area contributed by atoms with Crippen LogP contribution in [0.15, 0.2) is 46.9 Å². The molecule has 0 heterocycles. The Morgan fingerprint density at radius 3 is 2.48 bits per heavy atom. The van der Waals surface area contributed by atoms with E-state index < -0.39 is 0 Å². The van der Waals surface area contributed by atoms with Gasteiger partial charge in [-0.05, 0) is 61.0 Å². The normalized spacial score (nSPS) is 10.0. The van der Waals surface area contributed by atoms with Crippen molar-refractivity contribution >= 4 is 44.9 Å². The van der Waals surface area contributed by atoms with Gasteiger partial charge in [0.2, 0.25) is 5.91 Å². The van der Waals surface area contributed by atoms with Crippen molar-refractivity contribution in [2.45, 2.75) is 20.3 Å². The Morgan fingerprint density at radius 2 is 1.78 bits per heavy atom. The van der Waals surface area contributed by atoms with Crippen LogP contribution in [0.5, 0.6) is 0 Å². The van der Waals surface area contributed by atoms with Gasteiger partial charge < -0.3 is 5.32 Å². The van der Waals surface area contributed by atoms with Crippen molar-refractivity contribution in [1.29, 1.82) is 0 Å². The molecule has 0 saturated heterocycles. The molecule has 0 spiro atoms. The number of nitrogens with one attached hydrogen (secondary N) is 3. The molecule has 0 radical (unpaired) electrons. The van der Waals surface area contributed by atoms with Gasteiger partial charge in [-0.25, -0.2) is 0 Å². The molecule has 2 aromatic carbocycles. The van der Waals surface area contributed by atoms with E-state index in [1.165, 1.54) is 5.56 Å². The summed E-state index contributed by atoms with van der Waals surface area (Å²) < 4.78 is 0.985. The number of hydrogen-bond acceptors (Lipinski definition) is 2. The smallest absolute Gasteiger partial charge is 0.242 e. The number of halogens is 1. The Balaban J connectivity index is 1.83. The average Bonchev–Trinajstić information content (AvgIpc) is 2.52. The monoisotopic (exact) mass is 391 g/mol. The minimum absolute atomic E-state index is 0.155. The minimum atomic E-state index is -0.155. The molecule has 23 heavy (non-hydrogen) atoms. The summed E-state index contributed by atoms with van der Waals surface area (Å²) >= 11 is 8.56. The summed E-state index contributed by atoms with van der Waals surface area (Å²) in [7, 11) is 0. The van der Waals surface area contributed by atoms with Crippen LogP contribution in [0.1, 0.15) is 16.7 Å². The Bertz CT molecular complexity index is 716. The first-order valence-corrected chi connectivity index (χ1v) is 8.32. The molecule has 0 aliphatic carbocycles. The van der Waals surface area contributed by atoms with E-state index in [9.17, 15) is 4.79 Å². The molecule has 2 aromatic rings. The van der Waals surface area contributed by atoms with E-state index >= 15 is 0 Å². The molecular formula is C17H18BrN3OS. The van der Waals surface area contributed by atoms with E-state index in [1.54, 1.807) is 0 Å². The first kappa shape index (κ1) is 17.4. The van der Waals surface area contributed by atoms with E-state index in [0.29, 0.717) is 5.11 Å². The van der Waals surface area contributed by atoms with Crippen LogP contribution in [0.25, 0.3) is 0 Å². The molecule has 0 aliphatic heterocycles. The fourth-order valence-electron chi connectivity index (χ4n) is 2.00. The number of benzene rings is 2. The SMILES string of the molecule is Cc1cccc(NC(=S)NNC(=O)Cc2ccc(Br)cc2)c1C. The van der Waals surface area contributed by atoms with Crippen molar-refractivity contribution in [2.75, 3.05) is 5.32 Å². The first-order chi connectivity index (χ1) is 11.0. The Hall–Kier alpha value is -1.92. The number of hydrogen-bond donors (Lipinski definition) is 3. The van der Waals surface area contributed by atoms with Gasteiger partial charge in [0.1, 0.15) is 0 Å². The molecule has 4 nitrogen and oxygen atoms in total. The van der Waals surface area contributed by atoms with Gasteiger partial charge in [-0.15, -0.1) is 0 Å². The zero-order valence-corrected chi connectivity index (χ0v) is 15.3. The van der Waals surface area contributed by atoms with Crippen molar-refractivity contribution in [3.05, 3.63) is 63.6 Å². The number of thiocarbonyl (C=S) groups is 1. The van der Waals surface area contributed by atoms with Crippen molar-refractivity contribution in [2.24, 2.45) is 0 Å². The zero-order chi connectivity index (χ0) is 16.8. The second-order valence-electron chi connectivity index (χ2n) is 5.18. The fourth-order valence-corrected chi connectivity index (χ4v) is 2.42. The molecule has 3 N–H and O–H groups in total. The van der Waals surface area contributed by atoms with Crippen LogP contribution in [-0.2, 0) is 11.2 Å². The Labute approximate surface area is 149 Å². The first-order valence-electron chi connectivity index (χ1n) is 7.12. The molecule has 0 aromatic heterocycles. The lowest BCUT2D eigenvalue weighted by atomic mass is 10.1. The van der Waals surface area contributed by atoms with Crippen LogP contribution in [0.4, 0.5) is 5.69 Å². The molecule has 0 unspecified atom stereocenters. The van der Waals surface area contributed by atoms with Crippen LogP contribution < -0.4 is 16.2 Å². The maximum atomic E-state index is 11.9. The number of amides is 1.